The molecule has 4 atom stereocenters. The van der Waals surface area contributed by atoms with Gasteiger partial charge in [0, 0.05) is 28.0 Å². The van der Waals surface area contributed by atoms with Crippen LogP contribution in [0.2, 0.25) is 0 Å². The fraction of sp³-hybridized carbons (Fsp3) is 0.619. The van der Waals surface area contributed by atoms with Crippen molar-refractivity contribution in [2.45, 2.75) is 64.8 Å². The summed E-state index contributed by atoms with van der Waals surface area (Å²) in [6.07, 6.45) is 8.55. The van der Waals surface area contributed by atoms with Crippen molar-refractivity contribution in [1.29, 1.82) is 0 Å². The van der Waals surface area contributed by atoms with E-state index < -0.39 is 0 Å². The lowest BCUT2D eigenvalue weighted by Gasteiger charge is -2.57. The van der Waals surface area contributed by atoms with E-state index in [9.17, 15) is 0 Å². The predicted molar refractivity (Wildman–Crippen MR) is 104 cm³/mol. The summed E-state index contributed by atoms with van der Waals surface area (Å²) in [5.41, 5.74) is 1.37. The summed E-state index contributed by atoms with van der Waals surface area (Å²) >= 11 is 3.74. The van der Waals surface area contributed by atoms with Gasteiger partial charge in [-0.05, 0) is 45.6 Å². The van der Waals surface area contributed by atoms with Crippen LogP contribution < -0.4 is 0 Å². The van der Waals surface area contributed by atoms with E-state index in [-0.39, 0.29) is 11.8 Å². The van der Waals surface area contributed by atoms with Crippen molar-refractivity contribution < 1.29 is 4.74 Å². The van der Waals surface area contributed by atoms with Crippen molar-refractivity contribution in [3.05, 3.63) is 46.5 Å². The van der Waals surface area contributed by atoms with Crippen LogP contribution in [0, 0.1) is 11.8 Å². The highest BCUT2D eigenvalue weighted by atomic mass is 79.9. The molecule has 2 nitrogen and oxygen atoms in total. The molecule has 0 radical (unpaired) electrons. The summed E-state index contributed by atoms with van der Waals surface area (Å²) in [6.45, 7) is 10.2. The Hall–Kier alpha value is -0.640. The number of benzene rings is 1. The van der Waals surface area contributed by atoms with Crippen molar-refractivity contribution in [2.75, 3.05) is 6.54 Å². The Morgan fingerprint density at radius 1 is 1.29 bits per heavy atom. The SMILES string of the molecule is C/C=C/CN1[C@H](c2ccccc2Br)O[C@@H]2C[C@H](C)CC[C@H]2C1(C)C. The number of rotatable bonds is 3. The second kappa shape index (κ2) is 7.31. The average molecular weight is 392 g/mol. The van der Waals surface area contributed by atoms with Gasteiger partial charge in [0.25, 0.3) is 0 Å². The Labute approximate surface area is 155 Å². The van der Waals surface area contributed by atoms with Crippen molar-refractivity contribution >= 4 is 15.9 Å². The second-order valence-electron chi connectivity index (χ2n) is 7.95. The van der Waals surface area contributed by atoms with Gasteiger partial charge in [0.1, 0.15) is 6.23 Å². The van der Waals surface area contributed by atoms with Gasteiger partial charge in [0.05, 0.1) is 6.10 Å². The van der Waals surface area contributed by atoms with Crippen LogP contribution in [0.15, 0.2) is 40.9 Å². The van der Waals surface area contributed by atoms with E-state index in [4.69, 9.17) is 4.74 Å². The predicted octanol–water partition coefficient (Wildman–Crippen LogP) is 5.94. The number of nitrogens with zero attached hydrogens (tertiary/aromatic N) is 1. The normalized spacial score (nSPS) is 33.5. The first-order valence-electron chi connectivity index (χ1n) is 9.23. The molecule has 1 saturated heterocycles. The molecule has 0 spiro atoms. The molecule has 0 bridgehead atoms. The van der Waals surface area contributed by atoms with Crippen LogP contribution in [-0.4, -0.2) is 23.1 Å². The van der Waals surface area contributed by atoms with Gasteiger partial charge in [-0.25, -0.2) is 0 Å². The van der Waals surface area contributed by atoms with E-state index >= 15 is 0 Å². The molecule has 0 N–H and O–H groups in total. The average Bonchev–Trinajstić information content (AvgIpc) is 2.53. The van der Waals surface area contributed by atoms with E-state index in [1.807, 2.05) is 0 Å². The van der Waals surface area contributed by atoms with Crippen LogP contribution in [0.1, 0.15) is 58.7 Å². The van der Waals surface area contributed by atoms with Crippen molar-refractivity contribution in [1.82, 2.24) is 4.90 Å². The number of hydrogen-bond acceptors (Lipinski definition) is 2. The fourth-order valence-electron chi connectivity index (χ4n) is 4.51. The molecule has 1 aliphatic carbocycles. The summed E-state index contributed by atoms with van der Waals surface area (Å²) < 4.78 is 7.87. The number of halogens is 1. The van der Waals surface area contributed by atoms with Crippen LogP contribution in [0.4, 0.5) is 0 Å². The summed E-state index contributed by atoms with van der Waals surface area (Å²) in [5, 5.41) is 0. The third-order valence-electron chi connectivity index (χ3n) is 6.00. The zero-order chi connectivity index (χ0) is 17.3. The minimum Gasteiger partial charge on any atom is -0.355 e. The molecule has 0 amide bonds. The number of allylic oxidation sites excluding steroid dienone is 1. The van der Waals surface area contributed by atoms with E-state index in [1.165, 1.54) is 24.8 Å². The van der Waals surface area contributed by atoms with Crippen LogP contribution in [0.25, 0.3) is 0 Å². The van der Waals surface area contributed by atoms with Gasteiger partial charge in [-0.3, -0.25) is 4.90 Å². The summed E-state index contributed by atoms with van der Waals surface area (Å²) in [7, 11) is 0. The van der Waals surface area contributed by atoms with Gasteiger partial charge in [0.15, 0.2) is 0 Å². The quantitative estimate of drug-likeness (QED) is 0.591. The molecule has 0 unspecified atom stereocenters. The van der Waals surface area contributed by atoms with Crippen molar-refractivity contribution in [3.63, 3.8) is 0 Å². The molecule has 3 heteroatoms. The molecule has 1 aromatic carbocycles. The molecule has 1 aliphatic heterocycles. The zero-order valence-corrected chi connectivity index (χ0v) is 16.9. The van der Waals surface area contributed by atoms with E-state index in [0.29, 0.717) is 12.0 Å². The molecule has 1 saturated carbocycles. The third kappa shape index (κ3) is 3.36. The lowest BCUT2D eigenvalue weighted by molar-refractivity contribution is -0.234. The molecule has 2 aliphatic rings. The summed E-state index contributed by atoms with van der Waals surface area (Å²) in [6, 6.07) is 8.50. The largest absolute Gasteiger partial charge is 0.355 e. The highest BCUT2D eigenvalue weighted by molar-refractivity contribution is 9.10. The van der Waals surface area contributed by atoms with Crippen LogP contribution in [-0.2, 0) is 4.74 Å². The maximum atomic E-state index is 6.73. The Kier molecular flexibility index (Phi) is 5.53. The Bertz CT molecular complexity index is 597. The number of hydrogen-bond donors (Lipinski definition) is 0. The molecule has 1 aromatic rings. The monoisotopic (exact) mass is 391 g/mol. The van der Waals surface area contributed by atoms with Gasteiger partial charge in [-0.1, -0.05) is 59.6 Å². The number of ether oxygens (including phenoxy) is 1. The van der Waals surface area contributed by atoms with Gasteiger partial charge < -0.3 is 4.74 Å². The van der Waals surface area contributed by atoms with E-state index in [1.54, 1.807) is 0 Å². The van der Waals surface area contributed by atoms with Crippen molar-refractivity contribution in [3.8, 4) is 0 Å². The molecule has 24 heavy (non-hydrogen) atoms. The molecule has 3 rings (SSSR count). The van der Waals surface area contributed by atoms with Gasteiger partial charge >= 0.3 is 0 Å². The van der Waals surface area contributed by atoms with Gasteiger partial charge in [-0.2, -0.15) is 0 Å². The Morgan fingerprint density at radius 2 is 2.04 bits per heavy atom. The highest BCUT2D eigenvalue weighted by Gasteiger charge is 2.50. The third-order valence-corrected chi connectivity index (χ3v) is 6.72. The van der Waals surface area contributed by atoms with Gasteiger partial charge in [-0.15, -0.1) is 0 Å². The zero-order valence-electron chi connectivity index (χ0n) is 15.3. The molecular formula is C21H30BrNO. The Balaban J connectivity index is 1.99. The fourth-order valence-corrected chi connectivity index (χ4v) is 4.99. The lowest BCUT2D eigenvalue weighted by atomic mass is 9.69. The van der Waals surface area contributed by atoms with Crippen LogP contribution in [0.5, 0.6) is 0 Å². The minimum absolute atomic E-state index is 0.0123. The lowest BCUT2D eigenvalue weighted by Crippen LogP contribution is -2.61. The standard InChI is InChI=1S/C21H30BrNO/c1-5-6-13-23-20(16-9-7-8-10-18(16)22)24-19-14-15(2)11-12-17(19)21(23,3)4/h5-10,15,17,19-20H,11-14H2,1-4H3/b6-5+/t15-,17-,19-,20+/m1/s1. The second-order valence-corrected chi connectivity index (χ2v) is 8.80. The molecule has 2 fully saturated rings. The van der Waals surface area contributed by atoms with E-state index in [0.717, 1.165) is 16.9 Å². The topological polar surface area (TPSA) is 12.5 Å². The minimum atomic E-state index is 0.0123. The molecule has 132 valence electrons. The smallest absolute Gasteiger partial charge is 0.138 e. The van der Waals surface area contributed by atoms with E-state index in [2.05, 4.69) is 84.9 Å². The maximum Gasteiger partial charge on any atom is 0.138 e. The summed E-state index contributed by atoms with van der Waals surface area (Å²) in [5.74, 6) is 1.38. The first-order chi connectivity index (χ1) is 11.4. The molecule has 0 aromatic heterocycles. The van der Waals surface area contributed by atoms with Crippen LogP contribution in [0.3, 0.4) is 0 Å². The Morgan fingerprint density at radius 3 is 2.75 bits per heavy atom. The highest BCUT2D eigenvalue weighted by Crippen LogP contribution is 2.49. The van der Waals surface area contributed by atoms with Gasteiger partial charge in [0.2, 0.25) is 0 Å². The first-order valence-corrected chi connectivity index (χ1v) is 10.0. The maximum absolute atomic E-state index is 6.73. The first kappa shape index (κ1) is 18.2. The molecule has 1 heterocycles. The molecular weight excluding hydrogens is 362 g/mol. The summed E-state index contributed by atoms with van der Waals surface area (Å²) in [4.78, 5) is 2.55. The number of fused-ring (bicyclic) bond motifs is 1. The van der Waals surface area contributed by atoms with Crippen LogP contribution >= 0.6 is 15.9 Å². The van der Waals surface area contributed by atoms with Crippen molar-refractivity contribution in [2.24, 2.45) is 11.8 Å².